The summed E-state index contributed by atoms with van der Waals surface area (Å²) in [7, 11) is 0. The zero-order chi connectivity index (χ0) is 11.8. The number of fused-ring (bicyclic) bond motifs is 3. The van der Waals surface area contributed by atoms with Crippen LogP contribution < -0.4 is 0 Å². The number of aromatic nitrogens is 1. The molecule has 1 aromatic rings. The summed E-state index contributed by atoms with van der Waals surface area (Å²) >= 11 is 3.39. The quantitative estimate of drug-likeness (QED) is 0.746. The topological polar surface area (TPSA) is 33.2 Å². The van der Waals surface area contributed by atoms with Gasteiger partial charge in [0.15, 0.2) is 5.78 Å². The van der Waals surface area contributed by atoms with Crippen molar-refractivity contribution in [1.29, 1.82) is 0 Å². The van der Waals surface area contributed by atoms with E-state index in [1.807, 2.05) is 12.1 Å². The fourth-order valence-corrected chi connectivity index (χ4v) is 2.96. The minimum atomic E-state index is 0.256. The second-order valence-electron chi connectivity index (χ2n) is 4.59. The Morgan fingerprint density at radius 1 is 1.35 bits per heavy atom. The van der Waals surface area contributed by atoms with Crippen molar-refractivity contribution in [3.05, 3.63) is 34.2 Å². The number of piperidine rings is 3. The van der Waals surface area contributed by atoms with Crippen LogP contribution in [0.2, 0.25) is 0 Å². The summed E-state index contributed by atoms with van der Waals surface area (Å²) in [5.74, 6) is 0.564. The van der Waals surface area contributed by atoms with Gasteiger partial charge in [0.25, 0.3) is 0 Å². The second kappa shape index (κ2) is 4.26. The number of rotatable bonds is 1. The summed E-state index contributed by atoms with van der Waals surface area (Å²) in [4.78, 5) is 18.4. The third-order valence-corrected chi connectivity index (χ3v) is 3.92. The van der Waals surface area contributed by atoms with Crippen molar-refractivity contribution in [1.82, 2.24) is 9.88 Å². The van der Waals surface area contributed by atoms with Gasteiger partial charge < -0.3 is 4.90 Å². The van der Waals surface area contributed by atoms with Gasteiger partial charge in [-0.3, -0.25) is 9.78 Å². The number of nitrogens with zero attached hydrogens (tertiary/aromatic N) is 2. The van der Waals surface area contributed by atoms with E-state index in [2.05, 4.69) is 25.8 Å². The number of Topliss-reactive ketones (excluding diaryl/α,β-unsaturated/α-hetero) is 1. The van der Waals surface area contributed by atoms with E-state index in [4.69, 9.17) is 0 Å². The van der Waals surface area contributed by atoms with Crippen molar-refractivity contribution in [2.45, 2.75) is 12.8 Å². The summed E-state index contributed by atoms with van der Waals surface area (Å²) < 4.78 is 0.940. The van der Waals surface area contributed by atoms with Crippen LogP contribution >= 0.6 is 15.9 Å². The Morgan fingerprint density at radius 2 is 2.12 bits per heavy atom. The SMILES string of the molecule is O=C1/C(=C/c2cncc(Br)c2)N2CCC1CC2. The van der Waals surface area contributed by atoms with Gasteiger partial charge >= 0.3 is 0 Å². The molecule has 17 heavy (non-hydrogen) atoms. The van der Waals surface area contributed by atoms with E-state index in [-0.39, 0.29) is 5.92 Å². The van der Waals surface area contributed by atoms with Crippen LogP contribution in [0.5, 0.6) is 0 Å². The van der Waals surface area contributed by atoms with Crippen LogP contribution in [0.4, 0.5) is 0 Å². The highest BCUT2D eigenvalue weighted by Gasteiger charge is 2.36. The first-order valence-corrected chi connectivity index (χ1v) is 6.65. The Balaban J connectivity index is 1.95. The number of allylic oxidation sites excluding steroid dienone is 1. The molecule has 2 bridgehead atoms. The van der Waals surface area contributed by atoms with Gasteiger partial charge in [0.1, 0.15) is 0 Å². The molecule has 0 spiro atoms. The molecule has 3 saturated heterocycles. The summed E-state index contributed by atoms with van der Waals surface area (Å²) in [5, 5.41) is 0. The van der Waals surface area contributed by atoms with E-state index in [9.17, 15) is 4.79 Å². The zero-order valence-electron chi connectivity index (χ0n) is 9.40. The minimum Gasteiger partial charge on any atom is -0.369 e. The van der Waals surface area contributed by atoms with E-state index in [1.54, 1.807) is 12.4 Å². The molecule has 0 aliphatic carbocycles. The lowest BCUT2D eigenvalue weighted by atomic mass is 9.84. The lowest BCUT2D eigenvalue weighted by Gasteiger charge is -2.41. The molecule has 0 atom stereocenters. The van der Waals surface area contributed by atoms with Gasteiger partial charge in [0, 0.05) is 35.9 Å². The van der Waals surface area contributed by atoms with Gasteiger partial charge in [0.2, 0.25) is 0 Å². The first-order valence-electron chi connectivity index (χ1n) is 5.85. The molecular weight excluding hydrogens is 280 g/mol. The first-order chi connectivity index (χ1) is 8.24. The maximum atomic E-state index is 12.1. The largest absolute Gasteiger partial charge is 0.369 e. The Labute approximate surface area is 109 Å². The highest BCUT2D eigenvalue weighted by molar-refractivity contribution is 9.10. The molecule has 0 aromatic carbocycles. The fraction of sp³-hybridized carbons (Fsp3) is 0.385. The standard InChI is InChI=1S/C13H13BrN2O/c14-11-5-9(7-15-8-11)6-12-13(17)10-1-3-16(12)4-2-10/h5-8,10H,1-4H2/b12-6-. The van der Waals surface area contributed by atoms with E-state index in [1.165, 1.54) is 0 Å². The highest BCUT2D eigenvalue weighted by Crippen LogP contribution is 2.32. The van der Waals surface area contributed by atoms with Gasteiger partial charge in [-0.2, -0.15) is 0 Å². The molecule has 3 aliphatic rings. The van der Waals surface area contributed by atoms with E-state index < -0.39 is 0 Å². The summed E-state index contributed by atoms with van der Waals surface area (Å²) in [6.07, 6.45) is 7.54. The van der Waals surface area contributed by atoms with Crippen molar-refractivity contribution in [2.24, 2.45) is 5.92 Å². The molecule has 3 fully saturated rings. The molecule has 4 heterocycles. The monoisotopic (exact) mass is 292 g/mol. The Morgan fingerprint density at radius 3 is 2.76 bits per heavy atom. The van der Waals surface area contributed by atoms with Crippen molar-refractivity contribution < 1.29 is 4.79 Å². The van der Waals surface area contributed by atoms with Crippen molar-refractivity contribution in [2.75, 3.05) is 13.1 Å². The summed E-state index contributed by atoms with van der Waals surface area (Å²) in [6, 6.07) is 1.98. The second-order valence-corrected chi connectivity index (χ2v) is 5.51. The van der Waals surface area contributed by atoms with Crippen LogP contribution in [0, 0.1) is 5.92 Å². The minimum absolute atomic E-state index is 0.256. The van der Waals surface area contributed by atoms with Crippen LogP contribution in [0.3, 0.4) is 0 Å². The van der Waals surface area contributed by atoms with Crippen LogP contribution in [0.15, 0.2) is 28.6 Å². The Hall–Kier alpha value is -1.16. The van der Waals surface area contributed by atoms with Crippen molar-refractivity contribution in [3.63, 3.8) is 0 Å². The first kappa shape index (κ1) is 11.0. The van der Waals surface area contributed by atoms with Gasteiger partial charge in [-0.25, -0.2) is 0 Å². The molecule has 0 N–H and O–H groups in total. The predicted octanol–water partition coefficient (Wildman–Crippen LogP) is 2.48. The van der Waals surface area contributed by atoms with Crippen LogP contribution in [0.1, 0.15) is 18.4 Å². The smallest absolute Gasteiger partial charge is 0.182 e. The molecule has 0 unspecified atom stereocenters. The van der Waals surface area contributed by atoms with Crippen molar-refractivity contribution >= 4 is 27.8 Å². The van der Waals surface area contributed by atoms with E-state index in [0.29, 0.717) is 5.78 Å². The van der Waals surface area contributed by atoms with Gasteiger partial charge in [0.05, 0.1) is 5.70 Å². The molecule has 88 valence electrons. The Bertz CT molecular complexity index is 490. The molecular formula is C13H13BrN2O. The number of hydrogen-bond donors (Lipinski definition) is 0. The molecule has 0 saturated carbocycles. The third-order valence-electron chi connectivity index (χ3n) is 3.49. The molecule has 1 aromatic heterocycles. The van der Waals surface area contributed by atoms with Gasteiger partial charge in [-0.05, 0) is 46.5 Å². The fourth-order valence-electron chi connectivity index (χ4n) is 2.58. The van der Waals surface area contributed by atoms with Gasteiger partial charge in [-0.1, -0.05) is 0 Å². The maximum Gasteiger partial charge on any atom is 0.182 e. The summed E-state index contributed by atoms with van der Waals surface area (Å²) in [5.41, 5.74) is 1.85. The van der Waals surface area contributed by atoms with Crippen molar-refractivity contribution in [3.8, 4) is 0 Å². The number of halogens is 1. The maximum absolute atomic E-state index is 12.1. The molecule has 3 aliphatic heterocycles. The molecule has 4 rings (SSSR count). The number of carbonyl (C=O) groups excluding carboxylic acids is 1. The Kier molecular flexibility index (Phi) is 2.74. The third kappa shape index (κ3) is 2.02. The van der Waals surface area contributed by atoms with Crippen LogP contribution in [0.25, 0.3) is 6.08 Å². The predicted molar refractivity (Wildman–Crippen MR) is 69.2 cm³/mol. The number of hydrogen-bond acceptors (Lipinski definition) is 3. The summed E-state index contributed by atoms with van der Waals surface area (Å²) in [6.45, 7) is 2.04. The van der Waals surface area contributed by atoms with E-state index >= 15 is 0 Å². The normalized spacial score (nSPS) is 22.5. The average molecular weight is 293 g/mol. The zero-order valence-corrected chi connectivity index (χ0v) is 11.0. The number of ketones is 1. The lowest BCUT2D eigenvalue weighted by Crippen LogP contribution is -2.45. The van der Waals surface area contributed by atoms with E-state index in [0.717, 1.165) is 41.7 Å². The molecule has 3 nitrogen and oxygen atoms in total. The lowest BCUT2D eigenvalue weighted by molar-refractivity contribution is -0.125. The van der Waals surface area contributed by atoms with Gasteiger partial charge in [-0.15, -0.1) is 0 Å². The average Bonchev–Trinajstić information content (AvgIpc) is 2.34. The highest BCUT2D eigenvalue weighted by atomic mass is 79.9. The molecule has 0 amide bonds. The molecule has 4 heteroatoms. The number of pyridine rings is 1. The van der Waals surface area contributed by atoms with Crippen LogP contribution in [-0.2, 0) is 4.79 Å². The number of carbonyl (C=O) groups is 1. The molecule has 0 radical (unpaired) electrons. The van der Waals surface area contributed by atoms with Crippen LogP contribution in [-0.4, -0.2) is 28.8 Å².